The molecule has 3 nitrogen and oxygen atoms in total. The summed E-state index contributed by atoms with van der Waals surface area (Å²) in [6.07, 6.45) is 2.47. The zero-order valence-electron chi connectivity index (χ0n) is 9.94. The highest BCUT2D eigenvalue weighted by molar-refractivity contribution is 9.09. The summed E-state index contributed by atoms with van der Waals surface area (Å²) in [5.41, 5.74) is 0.857. The topological polar surface area (TPSA) is 37.4 Å². The highest BCUT2D eigenvalue weighted by Crippen LogP contribution is 2.32. The molecule has 1 aliphatic rings. The van der Waals surface area contributed by atoms with E-state index in [4.69, 9.17) is 11.6 Å². The number of hydrogen-bond donors (Lipinski definition) is 0. The second-order valence-electron chi connectivity index (χ2n) is 3.93. The van der Waals surface area contributed by atoms with Gasteiger partial charge in [-0.1, -0.05) is 39.7 Å². The molecular formula is C13H11BrClNO2S. The number of thioether (sulfide) groups is 1. The molecule has 1 saturated heterocycles. The number of alkyl halides is 1. The maximum Gasteiger partial charge on any atom is 0.293 e. The first-order valence-corrected chi connectivity index (χ1v) is 8.00. The molecule has 2 rings (SSSR count). The van der Waals surface area contributed by atoms with Gasteiger partial charge in [-0.2, -0.15) is 0 Å². The number of halogens is 2. The molecule has 0 atom stereocenters. The molecule has 0 spiro atoms. The van der Waals surface area contributed by atoms with E-state index in [0.29, 0.717) is 16.5 Å². The Balaban J connectivity index is 2.16. The van der Waals surface area contributed by atoms with Gasteiger partial charge in [0.25, 0.3) is 11.1 Å². The third-order valence-electron chi connectivity index (χ3n) is 2.56. The lowest BCUT2D eigenvalue weighted by molar-refractivity contribution is -0.122. The monoisotopic (exact) mass is 359 g/mol. The van der Waals surface area contributed by atoms with Crippen LogP contribution in [0.5, 0.6) is 0 Å². The number of hydrogen-bond acceptors (Lipinski definition) is 3. The second kappa shape index (κ2) is 6.59. The first kappa shape index (κ1) is 14.6. The van der Waals surface area contributed by atoms with E-state index in [1.165, 1.54) is 4.90 Å². The minimum Gasteiger partial charge on any atom is -0.268 e. The molecule has 0 aliphatic carbocycles. The van der Waals surface area contributed by atoms with Crippen LogP contribution in [0.15, 0.2) is 29.2 Å². The van der Waals surface area contributed by atoms with Gasteiger partial charge < -0.3 is 0 Å². The Morgan fingerprint density at radius 1 is 1.26 bits per heavy atom. The Bertz CT molecular complexity index is 530. The van der Waals surface area contributed by atoms with E-state index < -0.39 is 0 Å². The Kier molecular flexibility index (Phi) is 5.07. The SMILES string of the molecule is O=C1SC(=Cc2ccc(Cl)cc2)C(=O)N1CCCBr. The van der Waals surface area contributed by atoms with E-state index in [9.17, 15) is 9.59 Å². The van der Waals surface area contributed by atoms with E-state index in [-0.39, 0.29) is 11.1 Å². The number of carbonyl (C=O) groups is 2. The molecule has 0 radical (unpaired) electrons. The zero-order chi connectivity index (χ0) is 13.8. The zero-order valence-corrected chi connectivity index (χ0v) is 13.1. The van der Waals surface area contributed by atoms with Gasteiger partial charge in [-0.15, -0.1) is 0 Å². The van der Waals surface area contributed by atoms with Crippen molar-refractivity contribution < 1.29 is 9.59 Å². The van der Waals surface area contributed by atoms with E-state index in [0.717, 1.165) is 29.1 Å². The van der Waals surface area contributed by atoms with Crippen molar-refractivity contribution in [2.75, 3.05) is 11.9 Å². The average Bonchev–Trinajstić information content (AvgIpc) is 2.65. The predicted molar refractivity (Wildman–Crippen MR) is 82.5 cm³/mol. The molecule has 1 heterocycles. The minimum absolute atomic E-state index is 0.203. The largest absolute Gasteiger partial charge is 0.293 e. The summed E-state index contributed by atoms with van der Waals surface area (Å²) in [7, 11) is 0. The molecule has 0 unspecified atom stereocenters. The van der Waals surface area contributed by atoms with Crippen LogP contribution in [0.3, 0.4) is 0 Å². The van der Waals surface area contributed by atoms with Crippen molar-refractivity contribution in [2.24, 2.45) is 0 Å². The van der Waals surface area contributed by atoms with Crippen LogP contribution in [0.1, 0.15) is 12.0 Å². The van der Waals surface area contributed by atoms with Crippen LogP contribution in [-0.4, -0.2) is 27.9 Å². The standard InChI is InChI=1S/C13H11BrClNO2S/c14-6-1-7-16-12(17)11(19-13(16)18)8-9-2-4-10(15)5-3-9/h2-5,8H,1,6-7H2. The van der Waals surface area contributed by atoms with Gasteiger partial charge in [0.1, 0.15) is 0 Å². The summed E-state index contributed by atoms with van der Waals surface area (Å²) in [5, 5.41) is 1.21. The summed E-state index contributed by atoms with van der Waals surface area (Å²) < 4.78 is 0. The summed E-state index contributed by atoms with van der Waals surface area (Å²) in [4.78, 5) is 25.5. The first-order chi connectivity index (χ1) is 9.11. The maximum atomic E-state index is 12.1. The van der Waals surface area contributed by atoms with Crippen molar-refractivity contribution in [3.63, 3.8) is 0 Å². The average molecular weight is 361 g/mol. The fourth-order valence-corrected chi connectivity index (χ4v) is 2.86. The predicted octanol–water partition coefficient (Wildman–Crippen LogP) is 4.16. The van der Waals surface area contributed by atoms with Gasteiger partial charge in [-0.3, -0.25) is 14.5 Å². The van der Waals surface area contributed by atoms with Crippen molar-refractivity contribution in [3.05, 3.63) is 39.8 Å². The fourth-order valence-electron chi connectivity index (χ4n) is 1.62. The lowest BCUT2D eigenvalue weighted by Gasteiger charge is -2.10. The maximum absolute atomic E-state index is 12.1. The molecule has 0 saturated carbocycles. The van der Waals surface area contributed by atoms with Gasteiger partial charge >= 0.3 is 0 Å². The van der Waals surface area contributed by atoms with Gasteiger partial charge in [0.2, 0.25) is 0 Å². The molecule has 0 bridgehead atoms. The Labute approximate surface area is 129 Å². The number of imide groups is 1. The summed E-state index contributed by atoms with van der Waals surface area (Å²) in [6.45, 7) is 0.452. The molecule has 1 fully saturated rings. The van der Waals surface area contributed by atoms with E-state index in [1.54, 1.807) is 18.2 Å². The van der Waals surface area contributed by atoms with Crippen LogP contribution in [0.2, 0.25) is 5.02 Å². The molecule has 1 aromatic carbocycles. The Morgan fingerprint density at radius 2 is 1.95 bits per heavy atom. The normalized spacial score (nSPS) is 17.6. The van der Waals surface area contributed by atoms with Gasteiger partial charge in [0, 0.05) is 16.9 Å². The van der Waals surface area contributed by atoms with Crippen molar-refractivity contribution in [1.82, 2.24) is 4.90 Å². The second-order valence-corrected chi connectivity index (χ2v) is 6.15. The molecule has 100 valence electrons. The number of rotatable bonds is 4. The number of carbonyl (C=O) groups excluding carboxylic acids is 2. The summed E-state index contributed by atoms with van der Waals surface area (Å²) in [6, 6.07) is 7.13. The molecule has 6 heteroatoms. The third-order valence-corrected chi connectivity index (χ3v) is 4.28. The molecular weight excluding hydrogens is 350 g/mol. The number of benzene rings is 1. The highest BCUT2D eigenvalue weighted by atomic mass is 79.9. The Morgan fingerprint density at radius 3 is 2.58 bits per heavy atom. The number of nitrogens with zero attached hydrogens (tertiary/aromatic N) is 1. The minimum atomic E-state index is -0.217. The van der Waals surface area contributed by atoms with Crippen LogP contribution < -0.4 is 0 Å². The molecule has 0 aromatic heterocycles. The number of amides is 2. The van der Waals surface area contributed by atoms with Crippen LogP contribution in [0.25, 0.3) is 6.08 Å². The molecule has 1 aromatic rings. The summed E-state index contributed by atoms with van der Waals surface area (Å²) >= 11 is 10.1. The van der Waals surface area contributed by atoms with Crippen LogP contribution in [0, 0.1) is 0 Å². The lowest BCUT2D eigenvalue weighted by atomic mass is 10.2. The first-order valence-electron chi connectivity index (χ1n) is 5.68. The molecule has 2 amide bonds. The molecule has 0 N–H and O–H groups in total. The molecule has 1 aliphatic heterocycles. The Hall–Kier alpha value is -0.780. The van der Waals surface area contributed by atoms with Crippen molar-refractivity contribution in [1.29, 1.82) is 0 Å². The molecule has 19 heavy (non-hydrogen) atoms. The quantitative estimate of drug-likeness (QED) is 0.597. The smallest absolute Gasteiger partial charge is 0.268 e. The van der Waals surface area contributed by atoms with Gasteiger partial charge in [0.15, 0.2) is 0 Å². The lowest BCUT2D eigenvalue weighted by Crippen LogP contribution is -2.29. The van der Waals surface area contributed by atoms with Gasteiger partial charge in [-0.05, 0) is 42.0 Å². The van der Waals surface area contributed by atoms with E-state index in [1.807, 2.05) is 12.1 Å². The third kappa shape index (κ3) is 3.61. The van der Waals surface area contributed by atoms with Crippen LogP contribution in [0.4, 0.5) is 4.79 Å². The van der Waals surface area contributed by atoms with Gasteiger partial charge in [-0.25, -0.2) is 0 Å². The fraction of sp³-hybridized carbons (Fsp3) is 0.231. The van der Waals surface area contributed by atoms with E-state index >= 15 is 0 Å². The summed E-state index contributed by atoms with van der Waals surface area (Å²) in [5.74, 6) is -0.217. The highest BCUT2D eigenvalue weighted by Gasteiger charge is 2.34. The van der Waals surface area contributed by atoms with Crippen molar-refractivity contribution >= 4 is 56.5 Å². The van der Waals surface area contributed by atoms with Crippen molar-refractivity contribution in [2.45, 2.75) is 6.42 Å². The van der Waals surface area contributed by atoms with Crippen molar-refractivity contribution in [3.8, 4) is 0 Å². The van der Waals surface area contributed by atoms with E-state index in [2.05, 4.69) is 15.9 Å². The van der Waals surface area contributed by atoms with Crippen LogP contribution >= 0.6 is 39.3 Å². The van der Waals surface area contributed by atoms with Gasteiger partial charge in [0.05, 0.1) is 4.91 Å². The van der Waals surface area contributed by atoms with Crippen LogP contribution in [-0.2, 0) is 4.79 Å².